The van der Waals surface area contributed by atoms with Crippen LogP contribution in [0.3, 0.4) is 0 Å². The molecule has 5 heteroatoms. The summed E-state index contributed by atoms with van der Waals surface area (Å²) in [5.74, 6) is 0. The first-order chi connectivity index (χ1) is 11.7. The van der Waals surface area contributed by atoms with E-state index >= 15 is 0 Å². The Kier molecular flexibility index (Phi) is 5.12. The zero-order valence-electron chi connectivity index (χ0n) is 14.6. The Morgan fingerprint density at radius 3 is 2.68 bits per heavy atom. The Labute approximate surface area is 162 Å². The molecule has 1 aliphatic heterocycles. The predicted octanol–water partition coefficient (Wildman–Crippen LogP) is 6.53. The van der Waals surface area contributed by atoms with Gasteiger partial charge in [0.2, 0.25) is 0 Å². The highest BCUT2D eigenvalue weighted by Gasteiger charge is 2.35. The highest BCUT2D eigenvalue weighted by atomic mass is 79.9. The topological polar surface area (TPSA) is 29.5 Å². The van der Waals surface area contributed by atoms with Crippen LogP contribution >= 0.6 is 27.5 Å². The Morgan fingerprint density at radius 1 is 1.24 bits per heavy atom. The van der Waals surface area contributed by atoms with Crippen LogP contribution in [-0.2, 0) is 11.2 Å². The highest BCUT2D eigenvalue weighted by Crippen LogP contribution is 2.41. The van der Waals surface area contributed by atoms with Gasteiger partial charge in [0.05, 0.1) is 11.7 Å². The normalized spacial score (nSPS) is 17.2. The van der Waals surface area contributed by atoms with Crippen molar-refractivity contribution in [2.24, 2.45) is 0 Å². The molecule has 0 fully saturated rings. The highest BCUT2D eigenvalue weighted by molar-refractivity contribution is 9.10. The van der Waals surface area contributed by atoms with Crippen LogP contribution in [0.25, 0.3) is 0 Å². The van der Waals surface area contributed by atoms with E-state index in [0.29, 0.717) is 5.02 Å². The molecule has 3 rings (SSSR count). The average Bonchev–Trinajstić information content (AvgIpc) is 2.51. The molecule has 2 aromatic rings. The molecule has 2 aromatic carbocycles. The first kappa shape index (κ1) is 18.3. The maximum atomic E-state index is 13.0. The van der Waals surface area contributed by atoms with Crippen molar-refractivity contribution in [3.05, 3.63) is 63.1 Å². The van der Waals surface area contributed by atoms with Gasteiger partial charge in [-0.1, -0.05) is 45.7 Å². The summed E-state index contributed by atoms with van der Waals surface area (Å²) in [7, 11) is 0. The summed E-state index contributed by atoms with van der Waals surface area (Å²) in [5, 5.41) is 0.668. The van der Waals surface area contributed by atoms with Crippen molar-refractivity contribution in [2.75, 3.05) is 4.90 Å². The molecule has 1 unspecified atom stereocenters. The van der Waals surface area contributed by atoms with E-state index in [1.807, 2.05) is 57.2 Å². The Balaban J connectivity index is 2.07. The summed E-state index contributed by atoms with van der Waals surface area (Å²) in [6.45, 7) is 5.64. The molecule has 3 nitrogen and oxygen atoms in total. The number of carbonyl (C=O) groups excluding carboxylic acids is 1. The monoisotopic (exact) mass is 421 g/mol. The Hall–Kier alpha value is -1.52. The number of rotatable bonds is 1. The summed E-state index contributed by atoms with van der Waals surface area (Å²) in [4.78, 5) is 14.8. The van der Waals surface area contributed by atoms with Crippen LogP contribution in [0.2, 0.25) is 5.02 Å². The molecule has 132 valence electrons. The minimum absolute atomic E-state index is 0.102. The lowest BCUT2D eigenvalue weighted by atomic mass is 9.91. The van der Waals surface area contributed by atoms with E-state index < -0.39 is 5.60 Å². The third-order valence-corrected chi connectivity index (χ3v) is 4.86. The number of halogens is 2. The van der Waals surface area contributed by atoms with Gasteiger partial charge >= 0.3 is 6.09 Å². The fourth-order valence-corrected chi connectivity index (χ4v) is 3.68. The van der Waals surface area contributed by atoms with Gasteiger partial charge in [-0.05, 0) is 69.0 Å². The lowest BCUT2D eigenvalue weighted by molar-refractivity contribution is 0.0560. The number of anilines is 1. The summed E-state index contributed by atoms with van der Waals surface area (Å²) in [6.07, 6.45) is 1.39. The number of amides is 1. The third kappa shape index (κ3) is 4.18. The van der Waals surface area contributed by atoms with E-state index in [4.69, 9.17) is 16.3 Å². The van der Waals surface area contributed by atoms with E-state index in [-0.39, 0.29) is 12.1 Å². The van der Waals surface area contributed by atoms with Gasteiger partial charge in [0.15, 0.2) is 0 Å². The molecular formula is C20H21BrClNO2. The van der Waals surface area contributed by atoms with Crippen LogP contribution in [0.4, 0.5) is 10.5 Å². The summed E-state index contributed by atoms with van der Waals surface area (Å²) >= 11 is 9.70. The zero-order chi connectivity index (χ0) is 18.2. The van der Waals surface area contributed by atoms with Crippen molar-refractivity contribution in [1.82, 2.24) is 0 Å². The smallest absolute Gasteiger partial charge is 0.415 e. The van der Waals surface area contributed by atoms with E-state index in [1.54, 1.807) is 4.90 Å². The first-order valence-corrected chi connectivity index (χ1v) is 9.48. The summed E-state index contributed by atoms with van der Waals surface area (Å²) in [6, 6.07) is 13.6. The maximum Gasteiger partial charge on any atom is 0.415 e. The first-order valence-electron chi connectivity index (χ1n) is 8.31. The van der Waals surface area contributed by atoms with Crippen molar-refractivity contribution >= 4 is 39.3 Å². The van der Waals surface area contributed by atoms with Gasteiger partial charge in [-0.25, -0.2) is 4.79 Å². The molecule has 0 aromatic heterocycles. The summed E-state index contributed by atoms with van der Waals surface area (Å²) in [5.41, 5.74) is 2.50. The fourth-order valence-electron chi connectivity index (χ4n) is 3.13. The van der Waals surface area contributed by atoms with E-state index in [2.05, 4.69) is 22.0 Å². The number of carbonyl (C=O) groups is 1. The molecule has 0 bridgehead atoms. The van der Waals surface area contributed by atoms with Crippen LogP contribution in [0.5, 0.6) is 0 Å². The maximum absolute atomic E-state index is 13.0. The molecule has 0 saturated heterocycles. The second kappa shape index (κ2) is 7.00. The number of hydrogen-bond donors (Lipinski definition) is 0. The minimum atomic E-state index is -0.556. The average molecular weight is 423 g/mol. The van der Waals surface area contributed by atoms with Crippen molar-refractivity contribution in [1.29, 1.82) is 0 Å². The molecule has 0 aliphatic carbocycles. The molecule has 1 atom stereocenters. The molecule has 1 heterocycles. The largest absolute Gasteiger partial charge is 0.443 e. The van der Waals surface area contributed by atoms with Gasteiger partial charge in [0.1, 0.15) is 5.60 Å². The van der Waals surface area contributed by atoms with Crippen molar-refractivity contribution < 1.29 is 9.53 Å². The van der Waals surface area contributed by atoms with E-state index in [0.717, 1.165) is 34.1 Å². The van der Waals surface area contributed by atoms with Gasteiger partial charge in [-0.3, -0.25) is 4.90 Å². The van der Waals surface area contributed by atoms with Crippen LogP contribution in [0.15, 0.2) is 46.9 Å². The van der Waals surface area contributed by atoms with Gasteiger partial charge in [0, 0.05) is 9.50 Å². The van der Waals surface area contributed by atoms with Crippen LogP contribution in [-0.4, -0.2) is 11.7 Å². The molecule has 0 radical (unpaired) electrons. The number of fused-ring (bicyclic) bond motifs is 1. The summed E-state index contributed by atoms with van der Waals surface area (Å²) < 4.78 is 6.63. The number of benzene rings is 2. The number of nitrogens with zero attached hydrogens (tertiary/aromatic N) is 1. The Morgan fingerprint density at radius 2 is 2.00 bits per heavy atom. The zero-order valence-corrected chi connectivity index (χ0v) is 16.9. The van der Waals surface area contributed by atoms with E-state index in [1.165, 1.54) is 0 Å². The Bertz CT molecular complexity index is 801. The van der Waals surface area contributed by atoms with Crippen LogP contribution in [0, 0.1) is 0 Å². The van der Waals surface area contributed by atoms with Crippen molar-refractivity contribution in [3.63, 3.8) is 0 Å². The van der Waals surface area contributed by atoms with Crippen LogP contribution < -0.4 is 4.90 Å². The van der Waals surface area contributed by atoms with E-state index in [9.17, 15) is 4.79 Å². The molecule has 1 amide bonds. The van der Waals surface area contributed by atoms with Crippen molar-refractivity contribution in [3.8, 4) is 0 Å². The molecule has 0 N–H and O–H groups in total. The molecule has 1 aliphatic rings. The lowest BCUT2D eigenvalue weighted by Crippen LogP contribution is -2.42. The minimum Gasteiger partial charge on any atom is -0.443 e. The molecular weight excluding hydrogens is 402 g/mol. The lowest BCUT2D eigenvalue weighted by Gasteiger charge is -2.38. The molecule has 0 saturated carbocycles. The van der Waals surface area contributed by atoms with Gasteiger partial charge in [-0.2, -0.15) is 0 Å². The third-order valence-electron chi connectivity index (χ3n) is 4.13. The number of ether oxygens (including phenoxy) is 1. The van der Waals surface area contributed by atoms with Gasteiger partial charge in [-0.15, -0.1) is 0 Å². The quantitative estimate of drug-likeness (QED) is 0.523. The molecule has 0 spiro atoms. The number of hydrogen-bond acceptors (Lipinski definition) is 2. The van der Waals surface area contributed by atoms with Gasteiger partial charge < -0.3 is 4.74 Å². The van der Waals surface area contributed by atoms with Crippen LogP contribution in [0.1, 0.15) is 44.4 Å². The van der Waals surface area contributed by atoms with Crippen molar-refractivity contribution in [2.45, 2.75) is 45.3 Å². The standard InChI is InChI=1S/C20H21BrClNO2/c1-20(2,3)25-19(24)23-17(14-5-4-6-16(22)11-14)10-8-13-7-9-15(21)12-18(13)23/h4-7,9,11-12,17H,8,10H2,1-3H3. The fraction of sp³-hybridized carbons (Fsp3) is 0.350. The SMILES string of the molecule is CC(C)(C)OC(=O)N1c2cc(Br)ccc2CCC1c1cccc(Cl)c1. The van der Waals surface area contributed by atoms with Gasteiger partial charge in [0.25, 0.3) is 0 Å². The second-order valence-electron chi connectivity index (χ2n) is 7.23. The molecule has 25 heavy (non-hydrogen) atoms. The predicted molar refractivity (Wildman–Crippen MR) is 105 cm³/mol. The second-order valence-corrected chi connectivity index (χ2v) is 8.58. The number of aryl methyl sites for hydroxylation is 1.